The minimum absolute atomic E-state index is 0.0402. The molecule has 1 heterocycles. The maximum Gasteiger partial charge on any atom is 0.433 e. The van der Waals surface area contributed by atoms with Gasteiger partial charge in [-0.3, -0.25) is 10.1 Å². The van der Waals surface area contributed by atoms with Crippen LogP contribution in [0.5, 0.6) is 0 Å². The molecule has 0 saturated carbocycles. The fraction of sp³-hybridized carbons (Fsp3) is 0.231. The molecule has 0 aliphatic heterocycles. The standard InChI is InChI=1S/C13H14N2O5S/c1-14(2)10-3-6-12(7-4-10)21(18,19)9-11-5-8-13(20-11)15(16)17/h3-8H,9H2,1-2H3. The van der Waals surface area contributed by atoms with Crippen LogP contribution in [0.3, 0.4) is 0 Å². The largest absolute Gasteiger partial charge is 0.433 e. The van der Waals surface area contributed by atoms with Gasteiger partial charge in [0.25, 0.3) is 0 Å². The van der Waals surface area contributed by atoms with Gasteiger partial charge in [0.2, 0.25) is 0 Å². The molecule has 0 aliphatic rings. The van der Waals surface area contributed by atoms with Crippen LogP contribution < -0.4 is 4.90 Å². The molecule has 21 heavy (non-hydrogen) atoms. The zero-order chi connectivity index (χ0) is 15.6. The fourth-order valence-electron chi connectivity index (χ4n) is 1.76. The summed E-state index contributed by atoms with van der Waals surface area (Å²) >= 11 is 0. The van der Waals surface area contributed by atoms with Crippen molar-refractivity contribution >= 4 is 21.4 Å². The molecule has 0 amide bonds. The van der Waals surface area contributed by atoms with E-state index in [4.69, 9.17) is 4.42 Å². The Morgan fingerprint density at radius 1 is 1.14 bits per heavy atom. The maximum absolute atomic E-state index is 12.2. The highest BCUT2D eigenvalue weighted by Gasteiger charge is 2.20. The Balaban J connectivity index is 2.22. The molecule has 0 aliphatic carbocycles. The van der Waals surface area contributed by atoms with E-state index >= 15 is 0 Å². The van der Waals surface area contributed by atoms with Gasteiger partial charge in [-0.1, -0.05) is 0 Å². The number of hydrogen-bond donors (Lipinski definition) is 0. The first-order chi connectivity index (χ1) is 9.79. The average molecular weight is 310 g/mol. The van der Waals surface area contributed by atoms with E-state index in [1.165, 1.54) is 18.2 Å². The summed E-state index contributed by atoms with van der Waals surface area (Å²) in [5.41, 5.74) is 0.877. The lowest BCUT2D eigenvalue weighted by Crippen LogP contribution is -2.09. The summed E-state index contributed by atoms with van der Waals surface area (Å²) in [5.74, 6) is -0.844. The third-order valence-corrected chi connectivity index (χ3v) is 4.53. The molecule has 0 fully saturated rings. The highest BCUT2D eigenvalue weighted by Crippen LogP contribution is 2.23. The summed E-state index contributed by atoms with van der Waals surface area (Å²) in [5, 5.41) is 10.5. The molecule has 7 nitrogen and oxygen atoms in total. The Morgan fingerprint density at radius 2 is 1.76 bits per heavy atom. The second kappa shape index (κ2) is 5.57. The van der Waals surface area contributed by atoms with Gasteiger partial charge in [-0.15, -0.1) is 0 Å². The maximum atomic E-state index is 12.2. The van der Waals surface area contributed by atoms with E-state index in [9.17, 15) is 18.5 Å². The Bertz CT molecular complexity index is 747. The van der Waals surface area contributed by atoms with E-state index in [2.05, 4.69) is 0 Å². The van der Waals surface area contributed by atoms with Crippen molar-refractivity contribution in [1.82, 2.24) is 0 Å². The van der Waals surface area contributed by atoms with Crippen LogP contribution in [0.4, 0.5) is 11.6 Å². The van der Waals surface area contributed by atoms with E-state index in [0.717, 1.165) is 11.8 Å². The Morgan fingerprint density at radius 3 is 2.24 bits per heavy atom. The third kappa shape index (κ3) is 3.40. The third-order valence-electron chi connectivity index (χ3n) is 2.87. The normalized spacial score (nSPS) is 11.3. The van der Waals surface area contributed by atoms with Crippen molar-refractivity contribution < 1.29 is 17.8 Å². The molecule has 0 radical (unpaired) electrons. The SMILES string of the molecule is CN(C)c1ccc(S(=O)(=O)Cc2ccc([N+](=O)[O-])o2)cc1. The lowest BCUT2D eigenvalue weighted by atomic mass is 10.3. The summed E-state index contributed by atoms with van der Waals surface area (Å²) in [6, 6.07) is 8.82. The van der Waals surface area contributed by atoms with Crippen molar-refractivity contribution in [3.63, 3.8) is 0 Å². The molecule has 2 aromatic rings. The Kier molecular flexibility index (Phi) is 3.99. The minimum Gasteiger partial charge on any atom is -0.405 e. The predicted molar refractivity (Wildman–Crippen MR) is 77.0 cm³/mol. The van der Waals surface area contributed by atoms with Gasteiger partial charge in [-0.2, -0.15) is 0 Å². The molecule has 112 valence electrons. The Labute approximate surface area is 121 Å². The summed E-state index contributed by atoms with van der Waals surface area (Å²) < 4.78 is 29.3. The van der Waals surface area contributed by atoms with Crippen LogP contribution in [0.15, 0.2) is 45.7 Å². The molecule has 2 rings (SSSR count). The van der Waals surface area contributed by atoms with Crippen LogP contribution in [0, 0.1) is 10.1 Å². The number of nitro groups is 1. The molecule has 0 spiro atoms. The van der Waals surface area contributed by atoms with Crippen molar-refractivity contribution in [2.24, 2.45) is 0 Å². The summed E-state index contributed by atoms with van der Waals surface area (Å²) in [4.78, 5) is 11.8. The lowest BCUT2D eigenvalue weighted by molar-refractivity contribution is -0.402. The van der Waals surface area contributed by atoms with E-state index in [-0.39, 0.29) is 10.7 Å². The molecule has 0 bridgehead atoms. The zero-order valence-electron chi connectivity index (χ0n) is 11.5. The van der Waals surface area contributed by atoms with Gasteiger partial charge in [0.1, 0.15) is 16.4 Å². The fourth-order valence-corrected chi connectivity index (χ4v) is 3.01. The predicted octanol–water partition coefficient (Wildman–Crippen LogP) is 2.23. The molecular formula is C13H14N2O5S. The summed E-state index contributed by atoms with van der Waals surface area (Å²) in [7, 11) is 0.102. The van der Waals surface area contributed by atoms with Crippen molar-refractivity contribution in [1.29, 1.82) is 0 Å². The van der Waals surface area contributed by atoms with Gasteiger partial charge in [-0.25, -0.2) is 8.42 Å². The first kappa shape index (κ1) is 15.0. The highest BCUT2D eigenvalue weighted by molar-refractivity contribution is 7.90. The molecule has 0 saturated heterocycles. The Hall–Kier alpha value is -2.35. The average Bonchev–Trinajstić information content (AvgIpc) is 2.87. The first-order valence-electron chi connectivity index (χ1n) is 6.03. The number of hydrogen-bond acceptors (Lipinski definition) is 6. The van der Waals surface area contributed by atoms with Gasteiger partial charge in [-0.05, 0) is 30.3 Å². The van der Waals surface area contributed by atoms with E-state index in [0.29, 0.717) is 0 Å². The molecule has 0 unspecified atom stereocenters. The van der Waals surface area contributed by atoms with Crippen molar-refractivity contribution in [2.75, 3.05) is 19.0 Å². The molecule has 0 N–H and O–H groups in total. The number of sulfone groups is 1. The van der Waals surface area contributed by atoms with Gasteiger partial charge >= 0.3 is 5.88 Å². The minimum atomic E-state index is -3.60. The second-order valence-electron chi connectivity index (χ2n) is 4.64. The van der Waals surface area contributed by atoms with E-state index in [1.807, 2.05) is 19.0 Å². The van der Waals surface area contributed by atoms with Crippen molar-refractivity contribution in [2.45, 2.75) is 10.6 Å². The highest BCUT2D eigenvalue weighted by atomic mass is 32.2. The van der Waals surface area contributed by atoms with Gasteiger partial charge in [0, 0.05) is 19.8 Å². The number of furan rings is 1. The van der Waals surface area contributed by atoms with Crippen LogP contribution in [0.25, 0.3) is 0 Å². The van der Waals surface area contributed by atoms with Crippen LogP contribution in [0.1, 0.15) is 5.76 Å². The lowest BCUT2D eigenvalue weighted by Gasteiger charge is -2.12. The first-order valence-corrected chi connectivity index (χ1v) is 7.68. The van der Waals surface area contributed by atoms with Crippen molar-refractivity contribution in [3.05, 3.63) is 52.3 Å². The monoisotopic (exact) mass is 310 g/mol. The zero-order valence-corrected chi connectivity index (χ0v) is 12.3. The number of rotatable bonds is 5. The van der Waals surface area contributed by atoms with Crippen LogP contribution in [-0.2, 0) is 15.6 Å². The number of nitrogens with zero attached hydrogens (tertiary/aromatic N) is 2. The quantitative estimate of drug-likeness (QED) is 0.621. The van der Waals surface area contributed by atoms with Crippen LogP contribution in [-0.4, -0.2) is 27.4 Å². The van der Waals surface area contributed by atoms with E-state index < -0.39 is 26.4 Å². The van der Waals surface area contributed by atoms with E-state index in [1.54, 1.807) is 12.1 Å². The van der Waals surface area contributed by atoms with Gasteiger partial charge in [0.15, 0.2) is 9.84 Å². The molecular weight excluding hydrogens is 296 g/mol. The van der Waals surface area contributed by atoms with Crippen molar-refractivity contribution in [3.8, 4) is 0 Å². The number of anilines is 1. The second-order valence-corrected chi connectivity index (χ2v) is 6.63. The molecule has 8 heteroatoms. The van der Waals surface area contributed by atoms with Gasteiger partial charge in [0.05, 0.1) is 11.0 Å². The summed E-state index contributed by atoms with van der Waals surface area (Å²) in [6.07, 6.45) is 0. The van der Waals surface area contributed by atoms with Gasteiger partial charge < -0.3 is 9.32 Å². The molecule has 1 aromatic carbocycles. The smallest absolute Gasteiger partial charge is 0.405 e. The summed E-state index contributed by atoms with van der Waals surface area (Å²) in [6.45, 7) is 0. The number of benzene rings is 1. The van der Waals surface area contributed by atoms with Crippen LogP contribution >= 0.6 is 0 Å². The molecule has 0 atom stereocenters. The topological polar surface area (TPSA) is 93.7 Å². The molecule has 1 aromatic heterocycles. The van der Waals surface area contributed by atoms with Crippen LogP contribution in [0.2, 0.25) is 0 Å².